The Morgan fingerprint density at radius 1 is 1.38 bits per heavy atom. The molecular formula is C17H24N4O3S2. The largest absolute Gasteiger partial charge is 0.495 e. The van der Waals surface area contributed by atoms with Crippen LogP contribution in [0.1, 0.15) is 19.8 Å². The van der Waals surface area contributed by atoms with E-state index in [1.807, 2.05) is 28.8 Å². The van der Waals surface area contributed by atoms with E-state index in [9.17, 15) is 8.42 Å². The maximum atomic E-state index is 11.8. The van der Waals surface area contributed by atoms with Gasteiger partial charge in [0.1, 0.15) is 12.1 Å². The molecule has 0 radical (unpaired) electrons. The van der Waals surface area contributed by atoms with Gasteiger partial charge in [-0.1, -0.05) is 19.1 Å². The maximum Gasteiger partial charge on any atom is 0.203 e. The van der Waals surface area contributed by atoms with Gasteiger partial charge < -0.3 is 4.74 Å². The van der Waals surface area contributed by atoms with Gasteiger partial charge in [-0.05, 0) is 43.7 Å². The lowest BCUT2D eigenvalue weighted by molar-refractivity contribution is 0.155. The Hall–Kier alpha value is -1.71. The fourth-order valence-corrected chi connectivity index (χ4v) is 5.33. The number of ether oxygens (including phenoxy) is 1. The number of aromatic nitrogens is 3. The van der Waals surface area contributed by atoms with E-state index < -0.39 is 9.84 Å². The minimum Gasteiger partial charge on any atom is -0.495 e. The number of sulfone groups is 1. The molecule has 1 atom stereocenters. The van der Waals surface area contributed by atoms with Crippen molar-refractivity contribution in [2.75, 3.05) is 25.2 Å². The number of para-hydroxylation sites is 2. The lowest BCUT2D eigenvalue weighted by atomic mass is 10.2. The predicted octanol–water partition coefficient (Wildman–Crippen LogP) is 2.27. The average molecular weight is 397 g/mol. The summed E-state index contributed by atoms with van der Waals surface area (Å²) in [5, 5.41) is 4.43. The van der Waals surface area contributed by atoms with Gasteiger partial charge in [0.15, 0.2) is 9.84 Å². The highest BCUT2D eigenvalue weighted by atomic mass is 32.2. The van der Waals surface area contributed by atoms with Crippen molar-refractivity contribution < 1.29 is 13.2 Å². The van der Waals surface area contributed by atoms with E-state index in [4.69, 9.17) is 17.0 Å². The molecule has 0 N–H and O–H groups in total. The van der Waals surface area contributed by atoms with Crippen LogP contribution in [0.15, 0.2) is 30.6 Å². The number of rotatable bonds is 7. The first-order chi connectivity index (χ1) is 12.4. The summed E-state index contributed by atoms with van der Waals surface area (Å²) in [6.07, 6.45) is 3.29. The SMILES string of the molecule is CCCN(Cn1ncn(-c2ccccc2OC)c1=S)C1CCS(=O)(=O)C1. The third-order valence-electron chi connectivity index (χ3n) is 4.63. The van der Waals surface area contributed by atoms with Gasteiger partial charge in [-0.25, -0.2) is 13.1 Å². The molecule has 1 aliphatic rings. The standard InChI is InChI=1S/C17H24N4O3S2/c1-3-9-19(14-8-10-26(22,23)11-14)13-21-17(25)20(12-18-21)15-6-4-5-7-16(15)24-2/h4-7,12,14H,3,8-11,13H2,1-2H3. The van der Waals surface area contributed by atoms with Crippen LogP contribution >= 0.6 is 12.2 Å². The van der Waals surface area contributed by atoms with Gasteiger partial charge in [0.05, 0.1) is 31.0 Å². The zero-order chi connectivity index (χ0) is 18.7. The molecule has 0 aliphatic carbocycles. The Kier molecular flexibility index (Phi) is 5.79. The quantitative estimate of drug-likeness (QED) is 0.669. The average Bonchev–Trinajstić information content (AvgIpc) is 3.17. The van der Waals surface area contributed by atoms with Crippen molar-refractivity contribution >= 4 is 22.1 Å². The molecule has 0 amide bonds. The first-order valence-corrected chi connectivity index (χ1v) is 10.9. The van der Waals surface area contributed by atoms with Crippen molar-refractivity contribution in [2.24, 2.45) is 0 Å². The highest BCUT2D eigenvalue weighted by Gasteiger charge is 2.32. The van der Waals surface area contributed by atoms with E-state index in [1.165, 1.54) is 0 Å². The molecule has 2 heterocycles. The van der Waals surface area contributed by atoms with Crippen LogP contribution in [0.5, 0.6) is 5.75 Å². The topological polar surface area (TPSA) is 69.4 Å². The summed E-state index contributed by atoms with van der Waals surface area (Å²) in [6.45, 7) is 3.38. The predicted molar refractivity (Wildman–Crippen MR) is 103 cm³/mol. The maximum absolute atomic E-state index is 11.8. The van der Waals surface area contributed by atoms with Gasteiger partial charge in [0.2, 0.25) is 4.77 Å². The molecule has 1 aliphatic heterocycles. The van der Waals surface area contributed by atoms with Crippen molar-refractivity contribution in [1.29, 1.82) is 0 Å². The molecule has 7 nitrogen and oxygen atoms in total. The summed E-state index contributed by atoms with van der Waals surface area (Å²) in [7, 11) is -1.31. The Morgan fingerprint density at radius 3 is 2.81 bits per heavy atom. The molecule has 9 heteroatoms. The second-order valence-electron chi connectivity index (χ2n) is 6.47. The van der Waals surface area contributed by atoms with Crippen molar-refractivity contribution in [3.8, 4) is 11.4 Å². The van der Waals surface area contributed by atoms with Crippen LogP contribution in [0.25, 0.3) is 5.69 Å². The molecule has 2 aromatic rings. The fraction of sp³-hybridized carbons (Fsp3) is 0.529. The molecule has 1 unspecified atom stereocenters. The van der Waals surface area contributed by atoms with Crippen molar-refractivity contribution in [2.45, 2.75) is 32.5 Å². The summed E-state index contributed by atoms with van der Waals surface area (Å²) < 4.78 is 33.2. The lowest BCUT2D eigenvalue weighted by Crippen LogP contribution is -2.38. The number of nitrogens with zero attached hydrogens (tertiary/aromatic N) is 4. The third kappa shape index (κ3) is 3.99. The number of benzene rings is 1. The van der Waals surface area contributed by atoms with Gasteiger partial charge in [-0.2, -0.15) is 5.10 Å². The third-order valence-corrected chi connectivity index (χ3v) is 6.79. The molecule has 1 fully saturated rings. The Bertz CT molecular complexity index is 920. The Balaban J connectivity index is 1.86. The second kappa shape index (κ2) is 7.89. The highest BCUT2D eigenvalue weighted by molar-refractivity contribution is 7.91. The van der Waals surface area contributed by atoms with E-state index in [2.05, 4.69) is 16.9 Å². The van der Waals surface area contributed by atoms with Gasteiger partial charge in [-0.3, -0.25) is 9.47 Å². The number of hydrogen-bond donors (Lipinski definition) is 0. The van der Waals surface area contributed by atoms with E-state index in [-0.39, 0.29) is 17.5 Å². The zero-order valence-corrected chi connectivity index (χ0v) is 16.7. The number of methoxy groups -OCH3 is 1. The van der Waals surface area contributed by atoms with Gasteiger partial charge in [-0.15, -0.1) is 0 Å². The van der Waals surface area contributed by atoms with Crippen LogP contribution in [0.4, 0.5) is 0 Å². The summed E-state index contributed by atoms with van der Waals surface area (Å²) in [5.74, 6) is 1.20. The molecule has 26 heavy (non-hydrogen) atoms. The molecule has 142 valence electrons. The molecule has 1 aromatic heterocycles. The van der Waals surface area contributed by atoms with Gasteiger partial charge in [0.25, 0.3) is 0 Å². The summed E-state index contributed by atoms with van der Waals surface area (Å²) in [5.41, 5.74) is 0.830. The minimum absolute atomic E-state index is 0.0262. The van der Waals surface area contributed by atoms with E-state index in [1.54, 1.807) is 18.1 Å². The van der Waals surface area contributed by atoms with Crippen LogP contribution < -0.4 is 4.74 Å². The molecule has 1 aromatic carbocycles. The van der Waals surface area contributed by atoms with Crippen LogP contribution in [0, 0.1) is 4.77 Å². The summed E-state index contributed by atoms with van der Waals surface area (Å²) in [6, 6.07) is 7.65. The van der Waals surface area contributed by atoms with Crippen molar-refractivity contribution in [3.63, 3.8) is 0 Å². The molecular weight excluding hydrogens is 372 g/mol. The smallest absolute Gasteiger partial charge is 0.203 e. The minimum atomic E-state index is -2.93. The van der Waals surface area contributed by atoms with Crippen LogP contribution in [-0.4, -0.2) is 58.9 Å². The van der Waals surface area contributed by atoms with E-state index >= 15 is 0 Å². The van der Waals surface area contributed by atoms with Crippen LogP contribution in [0.3, 0.4) is 0 Å². The summed E-state index contributed by atoms with van der Waals surface area (Å²) >= 11 is 5.60. The highest BCUT2D eigenvalue weighted by Crippen LogP contribution is 2.23. The van der Waals surface area contributed by atoms with Crippen molar-refractivity contribution in [1.82, 2.24) is 19.2 Å². The van der Waals surface area contributed by atoms with E-state index in [0.717, 1.165) is 24.4 Å². The molecule has 0 spiro atoms. The Labute approximate surface area is 159 Å². The van der Waals surface area contributed by atoms with Gasteiger partial charge in [0, 0.05) is 6.04 Å². The van der Waals surface area contributed by atoms with Crippen LogP contribution in [0.2, 0.25) is 0 Å². The fourth-order valence-electron chi connectivity index (χ4n) is 3.32. The molecule has 3 rings (SSSR count). The first-order valence-electron chi connectivity index (χ1n) is 8.67. The monoisotopic (exact) mass is 396 g/mol. The Morgan fingerprint density at radius 2 is 2.15 bits per heavy atom. The summed E-state index contributed by atoms with van der Waals surface area (Å²) in [4.78, 5) is 2.17. The zero-order valence-electron chi connectivity index (χ0n) is 15.0. The molecule has 1 saturated heterocycles. The second-order valence-corrected chi connectivity index (χ2v) is 9.06. The van der Waals surface area contributed by atoms with Crippen molar-refractivity contribution in [3.05, 3.63) is 35.4 Å². The lowest BCUT2D eigenvalue weighted by Gasteiger charge is -2.27. The van der Waals surface area contributed by atoms with Gasteiger partial charge >= 0.3 is 0 Å². The van der Waals surface area contributed by atoms with E-state index in [0.29, 0.717) is 17.9 Å². The normalized spacial score (nSPS) is 19.1. The molecule has 0 bridgehead atoms. The molecule has 0 saturated carbocycles. The number of hydrogen-bond acceptors (Lipinski definition) is 6. The van der Waals surface area contributed by atoms with Crippen LogP contribution in [-0.2, 0) is 16.5 Å². The first kappa shape index (κ1) is 19.1.